The average molecular weight is 226 g/mol. The fourth-order valence-corrected chi connectivity index (χ4v) is 2.46. The Kier molecular flexibility index (Phi) is 3.53. The molecule has 0 saturated heterocycles. The average Bonchev–Trinajstić information content (AvgIpc) is 2.96. The zero-order chi connectivity index (χ0) is 10.7. The molecule has 1 aliphatic rings. The van der Waals surface area contributed by atoms with Crippen LogP contribution in [0.1, 0.15) is 32.0 Å². The summed E-state index contributed by atoms with van der Waals surface area (Å²) in [5, 5.41) is 1.06. The first kappa shape index (κ1) is 10.8. The predicted octanol–water partition coefficient (Wildman–Crippen LogP) is 1.42. The summed E-state index contributed by atoms with van der Waals surface area (Å²) in [6.45, 7) is 3.75. The van der Waals surface area contributed by atoms with Gasteiger partial charge < -0.3 is 10.6 Å². The Morgan fingerprint density at radius 3 is 2.93 bits per heavy atom. The Balaban J connectivity index is 2.04. The molecule has 1 heterocycles. The maximum atomic E-state index is 5.61. The summed E-state index contributed by atoms with van der Waals surface area (Å²) in [5.41, 5.74) is 5.61. The Morgan fingerprint density at radius 2 is 2.33 bits per heavy atom. The maximum absolute atomic E-state index is 5.61. The molecule has 84 valence electrons. The summed E-state index contributed by atoms with van der Waals surface area (Å²) in [6, 6.07) is 0.677. The van der Waals surface area contributed by atoms with E-state index in [9.17, 15) is 0 Å². The lowest BCUT2D eigenvalue weighted by Gasteiger charge is -2.19. The molecule has 0 amide bonds. The van der Waals surface area contributed by atoms with Crippen molar-refractivity contribution >= 4 is 16.7 Å². The van der Waals surface area contributed by atoms with Gasteiger partial charge in [-0.25, -0.2) is 4.98 Å². The van der Waals surface area contributed by atoms with Crippen molar-refractivity contribution in [3.05, 3.63) is 5.82 Å². The van der Waals surface area contributed by atoms with Crippen molar-refractivity contribution in [1.82, 2.24) is 9.36 Å². The van der Waals surface area contributed by atoms with E-state index >= 15 is 0 Å². The van der Waals surface area contributed by atoms with Crippen LogP contribution in [0.15, 0.2) is 0 Å². The third-order valence-electron chi connectivity index (χ3n) is 2.53. The van der Waals surface area contributed by atoms with Crippen LogP contribution < -0.4 is 10.6 Å². The van der Waals surface area contributed by atoms with E-state index in [-0.39, 0.29) is 0 Å². The van der Waals surface area contributed by atoms with E-state index in [2.05, 4.69) is 21.2 Å². The third-order valence-corrected chi connectivity index (χ3v) is 3.33. The van der Waals surface area contributed by atoms with E-state index in [1.165, 1.54) is 24.4 Å². The van der Waals surface area contributed by atoms with Crippen molar-refractivity contribution in [3.63, 3.8) is 0 Å². The molecule has 1 aromatic heterocycles. The van der Waals surface area contributed by atoms with Gasteiger partial charge in [-0.05, 0) is 19.3 Å². The van der Waals surface area contributed by atoms with Crippen molar-refractivity contribution in [2.24, 2.45) is 5.73 Å². The van der Waals surface area contributed by atoms with Gasteiger partial charge in [-0.2, -0.15) is 4.37 Å². The van der Waals surface area contributed by atoms with Crippen molar-refractivity contribution in [3.8, 4) is 0 Å². The standard InChI is InChI=1S/C10H18N4S/c1-2-3-9-12-10(15-13-9)14(7-6-11)8-4-5-8/h8H,2-7,11H2,1H3. The fraction of sp³-hybridized carbons (Fsp3) is 0.800. The topological polar surface area (TPSA) is 55.0 Å². The molecule has 2 rings (SSSR count). The molecule has 1 saturated carbocycles. The molecule has 0 bridgehead atoms. The lowest BCUT2D eigenvalue weighted by molar-refractivity contribution is 0.773. The zero-order valence-electron chi connectivity index (χ0n) is 9.15. The van der Waals surface area contributed by atoms with Crippen LogP contribution in [0, 0.1) is 0 Å². The number of anilines is 1. The van der Waals surface area contributed by atoms with Gasteiger partial charge in [0.2, 0.25) is 5.13 Å². The Bertz CT molecular complexity index is 308. The second-order valence-corrected chi connectivity index (χ2v) is 4.69. The number of rotatable bonds is 6. The second-order valence-electron chi connectivity index (χ2n) is 3.96. The van der Waals surface area contributed by atoms with Crippen molar-refractivity contribution in [2.45, 2.75) is 38.6 Å². The van der Waals surface area contributed by atoms with Gasteiger partial charge >= 0.3 is 0 Å². The third kappa shape index (κ3) is 2.66. The van der Waals surface area contributed by atoms with Crippen LogP contribution in [0.2, 0.25) is 0 Å². The van der Waals surface area contributed by atoms with Crippen molar-refractivity contribution < 1.29 is 0 Å². The molecular formula is C10H18N4S. The largest absolute Gasteiger partial charge is 0.343 e. The molecule has 0 unspecified atom stereocenters. The highest BCUT2D eigenvalue weighted by molar-refractivity contribution is 7.09. The van der Waals surface area contributed by atoms with E-state index in [1.54, 1.807) is 0 Å². The van der Waals surface area contributed by atoms with Crippen LogP contribution in [-0.4, -0.2) is 28.5 Å². The highest BCUT2D eigenvalue weighted by atomic mass is 32.1. The van der Waals surface area contributed by atoms with E-state index in [4.69, 9.17) is 5.73 Å². The SMILES string of the molecule is CCCc1nsc(N(CCN)C2CC2)n1. The molecule has 5 heteroatoms. The van der Waals surface area contributed by atoms with Crippen molar-refractivity contribution in [2.75, 3.05) is 18.0 Å². The summed E-state index contributed by atoms with van der Waals surface area (Å²) in [5.74, 6) is 0.986. The van der Waals surface area contributed by atoms with Crippen molar-refractivity contribution in [1.29, 1.82) is 0 Å². The van der Waals surface area contributed by atoms with Gasteiger partial charge in [-0.15, -0.1) is 0 Å². The van der Waals surface area contributed by atoms with Gasteiger partial charge in [0.1, 0.15) is 5.82 Å². The quantitative estimate of drug-likeness (QED) is 0.797. The van der Waals surface area contributed by atoms with Gasteiger partial charge in [-0.1, -0.05) is 6.92 Å². The van der Waals surface area contributed by atoms with Gasteiger partial charge in [0.05, 0.1) is 0 Å². The van der Waals surface area contributed by atoms with E-state index in [0.29, 0.717) is 12.6 Å². The normalized spacial score (nSPS) is 15.6. The summed E-state index contributed by atoms with van der Waals surface area (Å²) in [4.78, 5) is 6.87. The maximum Gasteiger partial charge on any atom is 0.205 e. The number of nitrogens with zero attached hydrogens (tertiary/aromatic N) is 3. The first-order chi connectivity index (χ1) is 7.35. The van der Waals surface area contributed by atoms with Gasteiger partial charge in [0, 0.05) is 37.1 Å². The van der Waals surface area contributed by atoms with Crippen LogP contribution in [0.25, 0.3) is 0 Å². The molecule has 2 N–H and O–H groups in total. The molecule has 1 aliphatic carbocycles. The van der Waals surface area contributed by atoms with E-state index in [1.807, 2.05) is 0 Å². The summed E-state index contributed by atoms with van der Waals surface area (Å²) >= 11 is 1.52. The van der Waals surface area contributed by atoms with Crippen LogP contribution in [-0.2, 0) is 6.42 Å². The molecule has 1 aromatic rings. The Morgan fingerprint density at radius 1 is 1.53 bits per heavy atom. The highest BCUT2D eigenvalue weighted by Crippen LogP contribution is 2.32. The Labute approximate surface area is 94.7 Å². The monoisotopic (exact) mass is 226 g/mol. The lowest BCUT2D eigenvalue weighted by atomic mass is 10.3. The number of hydrogen-bond donors (Lipinski definition) is 1. The summed E-state index contributed by atoms with van der Waals surface area (Å²) < 4.78 is 4.37. The number of aromatic nitrogens is 2. The van der Waals surface area contributed by atoms with Crippen LogP contribution in [0.3, 0.4) is 0 Å². The van der Waals surface area contributed by atoms with E-state index < -0.39 is 0 Å². The Hall–Kier alpha value is -0.680. The minimum absolute atomic E-state index is 0.677. The predicted molar refractivity (Wildman–Crippen MR) is 63.3 cm³/mol. The molecule has 0 radical (unpaired) electrons. The minimum Gasteiger partial charge on any atom is -0.343 e. The number of hydrogen-bond acceptors (Lipinski definition) is 5. The molecule has 4 nitrogen and oxygen atoms in total. The molecule has 0 aromatic carbocycles. The second kappa shape index (κ2) is 4.90. The minimum atomic E-state index is 0.677. The molecule has 1 fully saturated rings. The lowest BCUT2D eigenvalue weighted by Crippen LogP contribution is -2.31. The number of nitrogens with two attached hydrogens (primary N) is 1. The van der Waals surface area contributed by atoms with Gasteiger partial charge in [-0.3, -0.25) is 0 Å². The van der Waals surface area contributed by atoms with Crippen LogP contribution >= 0.6 is 11.5 Å². The highest BCUT2D eigenvalue weighted by Gasteiger charge is 2.30. The molecule has 0 atom stereocenters. The molecular weight excluding hydrogens is 208 g/mol. The van der Waals surface area contributed by atoms with Gasteiger partial charge in [0.25, 0.3) is 0 Å². The summed E-state index contributed by atoms with van der Waals surface area (Å²) in [7, 11) is 0. The molecule has 0 aliphatic heterocycles. The van der Waals surface area contributed by atoms with Crippen LogP contribution in [0.5, 0.6) is 0 Å². The summed E-state index contributed by atoms with van der Waals surface area (Å²) in [6.07, 6.45) is 4.65. The molecule has 0 spiro atoms. The fourth-order valence-electron chi connectivity index (χ4n) is 1.65. The first-order valence-electron chi connectivity index (χ1n) is 5.64. The first-order valence-corrected chi connectivity index (χ1v) is 6.41. The van der Waals surface area contributed by atoms with Crippen LogP contribution in [0.4, 0.5) is 5.13 Å². The smallest absolute Gasteiger partial charge is 0.205 e. The zero-order valence-corrected chi connectivity index (χ0v) is 9.96. The van der Waals surface area contributed by atoms with Gasteiger partial charge in [0.15, 0.2) is 0 Å². The van der Waals surface area contributed by atoms with E-state index in [0.717, 1.165) is 30.3 Å². The molecule has 15 heavy (non-hydrogen) atoms. The number of aryl methyl sites for hydroxylation is 1.